The van der Waals surface area contributed by atoms with Crippen LogP contribution in [0.4, 0.5) is 0 Å². The molecule has 3 heteroatoms. The van der Waals surface area contributed by atoms with Crippen LogP contribution in [-0.4, -0.2) is 31.2 Å². The van der Waals surface area contributed by atoms with Gasteiger partial charge >= 0.3 is 0 Å². The van der Waals surface area contributed by atoms with Gasteiger partial charge in [-0.2, -0.15) is 0 Å². The van der Waals surface area contributed by atoms with Gasteiger partial charge in [0.15, 0.2) is 5.78 Å². The number of hydrogen-bond acceptors (Lipinski definition) is 3. The monoisotopic (exact) mass is 184 g/mol. The zero-order chi connectivity index (χ0) is 9.31. The summed E-state index contributed by atoms with van der Waals surface area (Å²) < 4.78 is 11.0. The summed E-state index contributed by atoms with van der Waals surface area (Å²) in [6, 6.07) is 0. The van der Waals surface area contributed by atoms with Gasteiger partial charge in [-0.05, 0) is 12.8 Å². The second-order valence-corrected chi connectivity index (χ2v) is 3.98. The molecule has 0 aromatic carbocycles. The van der Waals surface area contributed by atoms with Crippen LogP contribution in [0.2, 0.25) is 0 Å². The Hall–Kier alpha value is -0.410. The van der Waals surface area contributed by atoms with E-state index in [0.29, 0.717) is 18.9 Å². The Balaban J connectivity index is 2.10. The fourth-order valence-electron chi connectivity index (χ4n) is 2.39. The standard InChI is InChI=1S/C10H16O3/c1-2-10(5-9(11)7-13-10)8-3-4-12-6-8/h8H,2-7H2,1H3. The van der Waals surface area contributed by atoms with Crippen LogP contribution in [0.3, 0.4) is 0 Å². The Kier molecular flexibility index (Phi) is 2.39. The van der Waals surface area contributed by atoms with Crippen LogP contribution in [0.15, 0.2) is 0 Å². The molecule has 3 nitrogen and oxygen atoms in total. The lowest BCUT2D eigenvalue weighted by molar-refractivity contribution is -0.118. The molecule has 2 unspecified atom stereocenters. The Bertz CT molecular complexity index is 208. The molecule has 13 heavy (non-hydrogen) atoms. The van der Waals surface area contributed by atoms with E-state index in [2.05, 4.69) is 6.92 Å². The summed E-state index contributed by atoms with van der Waals surface area (Å²) in [5.41, 5.74) is -0.187. The smallest absolute Gasteiger partial charge is 0.161 e. The molecule has 0 spiro atoms. The first-order valence-corrected chi connectivity index (χ1v) is 5.00. The first-order chi connectivity index (χ1) is 6.27. The van der Waals surface area contributed by atoms with Crippen molar-refractivity contribution in [3.05, 3.63) is 0 Å². The van der Waals surface area contributed by atoms with Crippen molar-refractivity contribution < 1.29 is 14.3 Å². The lowest BCUT2D eigenvalue weighted by Gasteiger charge is -2.31. The van der Waals surface area contributed by atoms with E-state index < -0.39 is 0 Å². The fourth-order valence-corrected chi connectivity index (χ4v) is 2.39. The van der Waals surface area contributed by atoms with Gasteiger partial charge in [-0.25, -0.2) is 0 Å². The molecule has 0 radical (unpaired) electrons. The highest BCUT2D eigenvalue weighted by atomic mass is 16.5. The Labute approximate surface area is 78.4 Å². The minimum absolute atomic E-state index is 0.187. The molecule has 2 saturated heterocycles. The van der Waals surface area contributed by atoms with Crippen LogP contribution in [-0.2, 0) is 14.3 Å². The van der Waals surface area contributed by atoms with Crippen molar-refractivity contribution in [1.82, 2.24) is 0 Å². The minimum Gasteiger partial charge on any atom is -0.381 e. The normalized spacial score (nSPS) is 40.1. The summed E-state index contributed by atoms with van der Waals surface area (Å²) in [4.78, 5) is 11.2. The summed E-state index contributed by atoms with van der Waals surface area (Å²) >= 11 is 0. The van der Waals surface area contributed by atoms with E-state index in [-0.39, 0.29) is 11.4 Å². The zero-order valence-electron chi connectivity index (χ0n) is 8.04. The van der Waals surface area contributed by atoms with Gasteiger partial charge in [0.2, 0.25) is 0 Å². The quantitative estimate of drug-likeness (QED) is 0.646. The molecule has 0 bridgehead atoms. The van der Waals surface area contributed by atoms with Crippen molar-refractivity contribution in [2.75, 3.05) is 19.8 Å². The molecule has 2 rings (SSSR count). The van der Waals surface area contributed by atoms with E-state index in [4.69, 9.17) is 9.47 Å². The Morgan fingerprint density at radius 2 is 2.46 bits per heavy atom. The topological polar surface area (TPSA) is 35.5 Å². The zero-order valence-corrected chi connectivity index (χ0v) is 8.04. The first-order valence-electron chi connectivity index (χ1n) is 5.00. The summed E-state index contributed by atoms with van der Waals surface area (Å²) in [6.07, 6.45) is 2.56. The largest absolute Gasteiger partial charge is 0.381 e. The van der Waals surface area contributed by atoms with Gasteiger partial charge in [-0.1, -0.05) is 6.92 Å². The SMILES string of the molecule is CCC1(C2CCOC2)CC(=O)CO1. The molecule has 2 atom stereocenters. The number of hydrogen-bond donors (Lipinski definition) is 0. The van der Waals surface area contributed by atoms with Gasteiger partial charge in [0.1, 0.15) is 6.61 Å². The third-order valence-corrected chi connectivity index (χ3v) is 3.29. The maximum Gasteiger partial charge on any atom is 0.161 e. The van der Waals surface area contributed by atoms with Crippen molar-refractivity contribution in [3.63, 3.8) is 0 Å². The molecule has 0 N–H and O–H groups in total. The number of ketones is 1. The average Bonchev–Trinajstić information content (AvgIpc) is 2.73. The number of Topliss-reactive ketones (excluding diaryl/α,β-unsaturated/α-hetero) is 1. The van der Waals surface area contributed by atoms with Crippen molar-refractivity contribution in [1.29, 1.82) is 0 Å². The molecule has 2 aliphatic heterocycles. The van der Waals surface area contributed by atoms with Crippen molar-refractivity contribution in [3.8, 4) is 0 Å². The van der Waals surface area contributed by atoms with Crippen molar-refractivity contribution >= 4 is 5.78 Å². The van der Waals surface area contributed by atoms with Gasteiger partial charge in [-0.15, -0.1) is 0 Å². The average molecular weight is 184 g/mol. The van der Waals surface area contributed by atoms with Crippen molar-refractivity contribution in [2.45, 2.75) is 31.8 Å². The third kappa shape index (κ3) is 1.51. The Morgan fingerprint density at radius 1 is 1.62 bits per heavy atom. The minimum atomic E-state index is -0.187. The van der Waals surface area contributed by atoms with E-state index in [0.717, 1.165) is 26.1 Å². The highest BCUT2D eigenvalue weighted by Gasteiger charge is 2.45. The van der Waals surface area contributed by atoms with Gasteiger partial charge in [-0.3, -0.25) is 4.79 Å². The summed E-state index contributed by atoms with van der Waals surface area (Å²) in [7, 11) is 0. The molecular weight excluding hydrogens is 168 g/mol. The van der Waals surface area contributed by atoms with E-state index in [1.807, 2.05) is 0 Å². The van der Waals surface area contributed by atoms with Crippen LogP contribution in [0.5, 0.6) is 0 Å². The maximum absolute atomic E-state index is 11.2. The molecule has 74 valence electrons. The lowest BCUT2D eigenvalue weighted by Crippen LogP contribution is -2.37. The van der Waals surface area contributed by atoms with E-state index in [9.17, 15) is 4.79 Å². The number of rotatable bonds is 2. The highest BCUT2D eigenvalue weighted by molar-refractivity contribution is 5.82. The van der Waals surface area contributed by atoms with E-state index in [1.165, 1.54) is 0 Å². The number of ether oxygens (including phenoxy) is 2. The summed E-state index contributed by atoms with van der Waals surface area (Å²) in [5, 5.41) is 0. The fraction of sp³-hybridized carbons (Fsp3) is 0.900. The molecule has 0 amide bonds. The van der Waals surface area contributed by atoms with Gasteiger partial charge in [0.25, 0.3) is 0 Å². The lowest BCUT2D eigenvalue weighted by atomic mass is 9.82. The molecule has 0 saturated carbocycles. The molecule has 2 fully saturated rings. The predicted octanol–water partition coefficient (Wildman–Crippen LogP) is 1.16. The predicted molar refractivity (Wildman–Crippen MR) is 47.5 cm³/mol. The first kappa shape index (κ1) is 9.16. The second kappa shape index (κ2) is 3.39. The number of carbonyl (C=O) groups excluding carboxylic acids is 1. The summed E-state index contributed by atoms with van der Waals surface area (Å²) in [5.74, 6) is 0.678. The van der Waals surface area contributed by atoms with Crippen LogP contribution in [0.1, 0.15) is 26.2 Å². The summed E-state index contributed by atoms with van der Waals surface area (Å²) in [6.45, 7) is 3.99. The van der Waals surface area contributed by atoms with Gasteiger partial charge < -0.3 is 9.47 Å². The van der Waals surface area contributed by atoms with Crippen LogP contribution in [0.25, 0.3) is 0 Å². The van der Waals surface area contributed by atoms with Crippen LogP contribution < -0.4 is 0 Å². The Morgan fingerprint density at radius 3 is 2.92 bits per heavy atom. The highest BCUT2D eigenvalue weighted by Crippen LogP contribution is 2.38. The van der Waals surface area contributed by atoms with Crippen molar-refractivity contribution in [2.24, 2.45) is 5.92 Å². The molecule has 0 aromatic rings. The number of carbonyl (C=O) groups is 1. The maximum atomic E-state index is 11.2. The molecular formula is C10H16O3. The van der Waals surface area contributed by atoms with E-state index in [1.54, 1.807) is 0 Å². The molecule has 0 aliphatic carbocycles. The third-order valence-electron chi connectivity index (χ3n) is 3.29. The second-order valence-electron chi connectivity index (χ2n) is 3.98. The molecule has 0 aromatic heterocycles. The molecule has 2 aliphatic rings. The molecule has 2 heterocycles. The van der Waals surface area contributed by atoms with E-state index >= 15 is 0 Å². The van der Waals surface area contributed by atoms with Crippen LogP contribution >= 0.6 is 0 Å². The van der Waals surface area contributed by atoms with Crippen LogP contribution in [0, 0.1) is 5.92 Å². The van der Waals surface area contributed by atoms with Gasteiger partial charge in [0.05, 0.1) is 12.2 Å². The van der Waals surface area contributed by atoms with Gasteiger partial charge in [0, 0.05) is 18.9 Å².